The molecule has 0 aliphatic carbocycles. The lowest BCUT2D eigenvalue weighted by molar-refractivity contribution is -0.121. The Labute approximate surface area is 65.5 Å². The summed E-state index contributed by atoms with van der Waals surface area (Å²) in [6.07, 6.45) is 0. The third-order valence-corrected chi connectivity index (χ3v) is 2.38. The zero-order valence-electron chi connectivity index (χ0n) is 6.39. The maximum Gasteiger partial charge on any atom is 0.238 e. The van der Waals surface area contributed by atoms with E-state index >= 15 is 0 Å². The SMILES string of the molecule is CCSCC(C)(N)C(N)=O. The molecule has 60 valence electrons. The molecular weight excluding hydrogens is 148 g/mol. The summed E-state index contributed by atoms with van der Waals surface area (Å²) in [4.78, 5) is 10.6. The number of rotatable bonds is 4. The van der Waals surface area contributed by atoms with E-state index in [1.54, 1.807) is 18.7 Å². The second-order valence-electron chi connectivity index (χ2n) is 2.42. The highest BCUT2D eigenvalue weighted by Gasteiger charge is 2.24. The Morgan fingerprint density at radius 2 is 2.20 bits per heavy atom. The number of primary amides is 1. The molecule has 4 heteroatoms. The van der Waals surface area contributed by atoms with Gasteiger partial charge in [0.25, 0.3) is 0 Å². The van der Waals surface area contributed by atoms with E-state index in [-0.39, 0.29) is 0 Å². The molecule has 0 radical (unpaired) electrons. The van der Waals surface area contributed by atoms with Crippen molar-refractivity contribution in [2.24, 2.45) is 11.5 Å². The molecule has 1 unspecified atom stereocenters. The highest BCUT2D eigenvalue weighted by Crippen LogP contribution is 2.08. The fourth-order valence-corrected chi connectivity index (χ4v) is 1.16. The minimum absolute atomic E-state index is 0.437. The first-order valence-corrected chi connectivity index (χ1v) is 4.32. The summed E-state index contributed by atoms with van der Waals surface area (Å²) in [7, 11) is 0. The quantitative estimate of drug-likeness (QED) is 0.608. The number of amides is 1. The van der Waals surface area contributed by atoms with Gasteiger partial charge < -0.3 is 11.5 Å². The molecule has 0 saturated heterocycles. The van der Waals surface area contributed by atoms with E-state index in [0.717, 1.165) is 5.75 Å². The van der Waals surface area contributed by atoms with Gasteiger partial charge >= 0.3 is 0 Å². The molecule has 0 saturated carbocycles. The molecule has 0 aromatic rings. The fourth-order valence-electron chi connectivity index (χ4n) is 0.385. The van der Waals surface area contributed by atoms with Gasteiger partial charge in [0, 0.05) is 5.75 Å². The van der Waals surface area contributed by atoms with Crippen molar-refractivity contribution in [3.8, 4) is 0 Å². The van der Waals surface area contributed by atoms with Gasteiger partial charge in [0.15, 0.2) is 0 Å². The summed E-state index contributed by atoms with van der Waals surface area (Å²) in [5.41, 5.74) is 9.74. The second-order valence-corrected chi connectivity index (χ2v) is 3.69. The van der Waals surface area contributed by atoms with Gasteiger partial charge in [-0.2, -0.15) is 11.8 Å². The van der Waals surface area contributed by atoms with Crippen molar-refractivity contribution in [3.63, 3.8) is 0 Å². The molecule has 4 N–H and O–H groups in total. The van der Waals surface area contributed by atoms with Crippen molar-refractivity contribution in [1.82, 2.24) is 0 Å². The molecule has 0 aliphatic rings. The number of carbonyl (C=O) groups excluding carboxylic acids is 1. The first-order chi connectivity index (χ1) is 4.50. The summed E-state index contributed by atoms with van der Waals surface area (Å²) >= 11 is 1.62. The predicted octanol–water partition coefficient (Wildman–Crippen LogP) is -0.0578. The van der Waals surface area contributed by atoms with E-state index in [0.29, 0.717) is 5.75 Å². The number of thioether (sulfide) groups is 1. The van der Waals surface area contributed by atoms with Gasteiger partial charge in [-0.3, -0.25) is 4.79 Å². The monoisotopic (exact) mass is 162 g/mol. The van der Waals surface area contributed by atoms with Crippen LogP contribution in [-0.4, -0.2) is 23.0 Å². The number of nitrogens with two attached hydrogens (primary N) is 2. The van der Waals surface area contributed by atoms with Gasteiger partial charge in [-0.1, -0.05) is 6.92 Å². The third kappa shape index (κ3) is 3.08. The third-order valence-electron chi connectivity index (χ3n) is 1.17. The van der Waals surface area contributed by atoms with E-state index in [2.05, 4.69) is 0 Å². The highest BCUT2D eigenvalue weighted by molar-refractivity contribution is 7.99. The Morgan fingerprint density at radius 3 is 2.50 bits per heavy atom. The van der Waals surface area contributed by atoms with Crippen LogP contribution >= 0.6 is 11.8 Å². The molecule has 10 heavy (non-hydrogen) atoms. The topological polar surface area (TPSA) is 69.1 Å². The van der Waals surface area contributed by atoms with Crippen molar-refractivity contribution in [2.75, 3.05) is 11.5 Å². The van der Waals surface area contributed by atoms with Gasteiger partial charge in [-0.05, 0) is 12.7 Å². The lowest BCUT2D eigenvalue weighted by Crippen LogP contribution is -2.51. The van der Waals surface area contributed by atoms with Gasteiger partial charge in [0.2, 0.25) is 5.91 Å². The lowest BCUT2D eigenvalue weighted by atomic mass is 10.1. The maximum absolute atomic E-state index is 10.6. The summed E-state index contributed by atoms with van der Waals surface area (Å²) in [5, 5.41) is 0. The molecule has 0 spiro atoms. The van der Waals surface area contributed by atoms with E-state index in [1.807, 2.05) is 6.92 Å². The van der Waals surface area contributed by atoms with Crippen molar-refractivity contribution in [1.29, 1.82) is 0 Å². The van der Waals surface area contributed by atoms with Crippen LogP contribution in [-0.2, 0) is 4.79 Å². The minimum Gasteiger partial charge on any atom is -0.368 e. The molecule has 0 fully saturated rings. The summed E-state index contributed by atoms with van der Waals surface area (Å²) in [6, 6.07) is 0. The van der Waals surface area contributed by atoms with Crippen LogP contribution in [0.1, 0.15) is 13.8 Å². The largest absolute Gasteiger partial charge is 0.368 e. The molecular formula is C6H14N2OS. The zero-order chi connectivity index (χ0) is 8.20. The number of carbonyl (C=O) groups is 1. The molecule has 0 aliphatic heterocycles. The molecule has 0 aromatic carbocycles. The number of hydrogen-bond acceptors (Lipinski definition) is 3. The lowest BCUT2D eigenvalue weighted by Gasteiger charge is -2.18. The Hall–Kier alpha value is -0.220. The molecule has 1 atom stereocenters. The minimum atomic E-state index is -0.847. The maximum atomic E-state index is 10.6. The van der Waals surface area contributed by atoms with Crippen molar-refractivity contribution in [2.45, 2.75) is 19.4 Å². The van der Waals surface area contributed by atoms with Crippen LogP contribution < -0.4 is 11.5 Å². The summed E-state index contributed by atoms with van der Waals surface area (Å²) in [6.45, 7) is 3.67. The highest BCUT2D eigenvalue weighted by atomic mass is 32.2. The van der Waals surface area contributed by atoms with Crippen molar-refractivity contribution < 1.29 is 4.79 Å². The van der Waals surface area contributed by atoms with Gasteiger partial charge in [-0.15, -0.1) is 0 Å². The van der Waals surface area contributed by atoms with Crippen LogP contribution in [0.4, 0.5) is 0 Å². The average Bonchev–Trinajstić information content (AvgIpc) is 1.84. The molecule has 3 nitrogen and oxygen atoms in total. The van der Waals surface area contributed by atoms with E-state index < -0.39 is 11.4 Å². The Morgan fingerprint density at radius 1 is 1.70 bits per heavy atom. The fraction of sp³-hybridized carbons (Fsp3) is 0.833. The van der Waals surface area contributed by atoms with Crippen LogP contribution in [0.15, 0.2) is 0 Å². The molecule has 0 bridgehead atoms. The Bertz CT molecular complexity index is 125. The van der Waals surface area contributed by atoms with Crippen LogP contribution in [0.5, 0.6) is 0 Å². The first kappa shape index (κ1) is 9.78. The average molecular weight is 162 g/mol. The second kappa shape index (κ2) is 3.83. The Balaban J connectivity index is 3.75. The first-order valence-electron chi connectivity index (χ1n) is 3.17. The molecule has 1 amide bonds. The summed E-state index contributed by atoms with van der Waals surface area (Å²) < 4.78 is 0. The molecule has 0 aromatic heterocycles. The van der Waals surface area contributed by atoms with Crippen LogP contribution in [0, 0.1) is 0 Å². The van der Waals surface area contributed by atoms with Crippen LogP contribution in [0.3, 0.4) is 0 Å². The van der Waals surface area contributed by atoms with E-state index in [1.165, 1.54) is 0 Å². The van der Waals surface area contributed by atoms with E-state index in [4.69, 9.17) is 11.5 Å². The standard InChI is InChI=1S/C6H14N2OS/c1-3-10-4-6(2,8)5(7)9/h3-4,8H2,1-2H3,(H2,7,9). The van der Waals surface area contributed by atoms with Crippen molar-refractivity contribution >= 4 is 17.7 Å². The van der Waals surface area contributed by atoms with Gasteiger partial charge in [0.05, 0.1) is 0 Å². The van der Waals surface area contributed by atoms with E-state index in [9.17, 15) is 4.79 Å². The normalized spacial score (nSPS) is 16.3. The number of hydrogen-bond donors (Lipinski definition) is 2. The van der Waals surface area contributed by atoms with Crippen molar-refractivity contribution in [3.05, 3.63) is 0 Å². The smallest absolute Gasteiger partial charge is 0.238 e. The molecule has 0 heterocycles. The van der Waals surface area contributed by atoms with Crippen LogP contribution in [0.25, 0.3) is 0 Å². The Kier molecular flexibility index (Phi) is 3.75. The zero-order valence-corrected chi connectivity index (χ0v) is 7.20. The van der Waals surface area contributed by atoms with Gasteiger partial charge in [0.1, 0.15) is 5.54 Å². The van der Waals surface area contributed by atoms with Crippen LogP contribution in [0.2, 0.25) is 0 Å². The molecule has 0 rings (SSSR count). The van der Waals surface area contributed by atoms with Gasteiger partial charge in [-0.25, -0.2) is 0 Å². The summed E-state index contributed by atoms with van der Waals surface area (Å²) in [5.74, 6) is 1.12. The predicted molar refractivity (Wildman–Crippen MR) is 44.8 cm³/mol.